The van der Waals surface area contributed by atoms with Crippen LogP contribution in [0.3, 0.4) is 0 Å². The minimum Gasteiger partial charge on any atom is -0.488 e. The van der Waals surface area contributed by atoms with E-state index in [1.54, 1.807) is 6.08 Å². The van der Waals surface area contributed by atoms with Crippen molar-refractivity contribution in [2.45, 2.75) is 26.9 Å². The van der Waals surface area contributed by atoms with Crippen molar-refractivity contribution >= 4 is 28.4 Å². The highest BCUT2D eigenvalue weighted by molar-refractivity contribution is 6.09. The van der Waals surface area contributed by atoms with Crippen LogP contribution in [0.1, 0.15) is 29.2 Å². The number of amides is 1. The Bertz CT molecular complexity index is 1400. The van der Waals surface area contributed by atoms with Crippen LogP contribution in [0.2, 0.25) is 0 Å². The number of aryl methyl sites for hydroxylation is 2. The number of hydrogen-bond acceptors (Lipinski definition) is 3. The molecule has 0 unspecified atom stereocenters. The maximum Gasteiger partial charge on any atom is 0.266 e. The van der Waals surface area contributed by atoms with Crippen LogP contribution in [0.5, 0.6) is 5.75 Å². The van der Waals surface area contributed by atoms with Crippen molar-refractivity contribution < 1.29 is 9.53 Å². The predicted octanol–water partition coefficient (Wildman–Crippen LogP) is 6.84. The molecule has 0 radical (unpaired) electrons. The van der Waals surface area contributed by atoms with Crippen LogP contribution < -0.4 is 10.1 Å². The van der Waals surface area contributed by atoms with Gasteiger partial charge in [-0.15, -0.1) is 0 Å². The number of nitrogens with zero attached hydrogens (tertiary/aromatic N) is 1. The van der Waals surface area contributed by atoms with E-state index in [0.717, 1.165) is 28.3 Å². The van der Waals surface area contributed by atoms with E-state index in [9.17, 15) is 10.1 Å². The van der Waals surface area contributed by atoms with Gasteiger partial charge in [0.15, 0.2) is 0 Å². The molecule has 4 aromatic rings. The lowest BCUT2D eigenvalue weighted by Crippen LogP contribution is -2.13. The Morgan fingerprint density at radius 3 is 2.47 bits per heavy atom. The monoisotopic (exact) mass is 446 g/mol. The molecule has 0 aliphatic heterocycles. The van der Waals surface area contributed by atoms with E-state index >= 15 is 0 Å². The lowest BCUT2D eigenvalue weighted by molar-refractivity contribution is -0.112. The summed E-state index contributed by atoms with van der Waals surface area (Å²) in [5.74, 6) is 0.161. The highest BCUT2D eigenvalue weighted by Gasteiger charge is 2.12. The fraction of sp³-hybridized carbons (Fsp3) is 0.133. The maximum absolute atomic E-state index is 12.7. The smallest absolute Gasteiger partial charge is 0.266 e. The molecule has 0 saturated heterocycles. The minimum absolute atomic E-state index is 0.0111. The topological polar surface area (TPSA) is 62.1 Å². The van der Waals surface area contributed by atoms with E-state index in [4.69, 9.17) is 4.74 Å². The standard InChI is InChI=1S/C30H26N2O2/c1-3-22-13-16-26(17-14-22)32-30(33)25(19-31)18-24-9-5-7-11-29(24)34-20-28-21(2)12-15-23-8-4-6-10-27(23)28/h4-18H,3,20H2,1-2H3,(H,32,33)/b25-18+. The second kappa shape index (κ2) is 10.5. The van der Waals surface area contributed by atoms with Crippen LogP contribution in [0.25, 0.3) is 16.8 Å². The SMILES string of the molecule is CCc1ccc(NC(=O)/C(C#N)=C/c2ccccc2OCc2c(C)ccc3ccccc23)cc1. The number of benzene rings is 4. The molecule has 0 bridgehead atoms. The summed E-state index contributed by atoms with van der Waals surface area (Å²) in [7, 11) is 0. The van der Waals surface area contributed by atoms with Crippen LogP contribution in [-0.4, -0.2) is 5.91 Å². The van der Waals surface area contributed by atoms with Crippen LogP contribution in [0, 0.1) is 18.3 Å². The first-order valence-corrected chi connectivity index (χ1v) is 11.3. The third kappa shape index (κ3) is 5.16. The van der Waals surface area contributed by atoms with Crippen LogP contribution in [0.4, 0.5) is 5.69 Å². The van der Waals surface area contributed by atoms with Gasteiger partial charge < -0.3 is 10.1 Å². The lowest BCUT2D eigenvalue weighted by Gasteiger charge is -2.14. The Morgan fingerprint density at radius 2 is 1.71 bits per heavy atom. The quantitative estimate of drug-likeness (QED) is 0.250. The van der Waals surface area contributed by atoms with Crippen molar-refractivity contribution in [3.05, 3.63) is 113 Å². The number of rotatable bonds is 7. The molecule has 168 valence electrons. The molecule has 0 atom stereocenters. The molecule has 0 saturated carbocycles. The molecule has 0 aliphatic carbocycles. The van der Waals surface area contributed by atoms with E-state index in [2.05, 4.69) is 43.4 Å². The zero-order valence-electron chi connectivity index (χ0n) is 19.3. The Balaban J connectivity index is 1.56. The van der Waals surface area contributed by atoms with E-state index in [1.807, 2.05) is 66.7 Å². The summed E-state index contributed by atoms with van der Waals surface area (Å²) >= 11 is 0. The van der Waals surface area contributed by atoms with E-state index in [-0.39, 0.29) is 5.57 Å². The van der Waals surface area contributed by atoms with E-state index in [0.29, 0.717) is 23.6 Å². The summed E-state index contributed by atoms with van der Waals surface area (Å²) in [5, 5.41) is 14.8. The third-order valence-corrected chi connectivity index (χ3v) is 5.85. The average Bonchev–Trinajstić information content (AvgIpc) is 2.87. The summed E-state index contributed by atoms with van der Waals surface area (Å²) in [6, 6.07) is 29.5. The molecule has 0 heterocycles. The highest BCUT2D eigenvalue weighted by atomic mass is 16.5. The first-order chi connectivity index (χ1) is 16.6. The first kappa shape index (κ1) is 22.8. The average molecular weight is 447 g/mol. The molecule has 4 heteroatoms. The highest BCUT2D eigenvalue weighted by Crippen LogP contribution is 2.27. The van der Waals surface area contributed by atoms with Gasteiger partial charge in [0.1, 0.15) is 24.0 Å². The minimum atomic E-state index is -0.452. The molecule has 34 heavy (non-hydrogen) atoms. The van der Waals surface area contributed by atoms with Gasteiger partial charge in [-0.05, 0) is 59.5 Å². The first-order valence-electron chi connectivity index (χ1n) is 11.3. The van der Waals surface area contributed by atoms with Gasteiger partial charge in [-0.25, -0.2) is 0 Å². The second-order valence-electron chi connectivity index (χ2n) is 8.08. The molecule has 0 spiro atoms. The fourth-order valence-corrected chi connectivity index (χ4v) is 3.84. The van der Waals surface area contributed by atoms with Gasteiger partial charge in [-0.3, -0.25) is 4.79 Å². The molecule has 1 amide bonds. The van der Waals surface area contributed by atoms with Gasteiger partial charge in [0.2, 0.25) is 0 Å². The van der Waals surface area contributed by atoms with Crippen molar-refractivity contribution in [3.63, 3.8) is 0 Å². The zero-order chi connectivity index (χ0) is 23.9. The maximum atomic E-state index is 12.7. The second-order valence-corrected chi connectivity index (χ2v) is 8.08. The number of para-hydroxylation sites is 1. The fourth-order valence-electron chi connectivity index (χ4n) is 3.84. The van der Waals surface area contributed by atoms with Crippen molar-refractivity contribution in [1.29, 1.82) is 5.26 Å². The Kier molecular flexibility index (Phi) is 7.05. The van der Waals surface area contributed by atoms with Crippen molar-refractivity contribution in [1.82, 2.24) is 0 Å². The lowest BCUT2D eigenvalue weighted by atomic mass is 10.0. The number of carbonyl (C=O) groups excluding carboxylic acids is 1. The van der Waals surface area contributed by atoms with E-state index < -0.39 is 5.91 Å². The summed E-state index contributed by atoms with van der Waals surface area (Å²) < 4.78 is 6.20. The van der Waals surface area contributed by atoms with Gasteiger partial charge in [0.05, 0.1) is 0 Å². The largest absolute Gasteiger partial charge is 0.488 e. The van der Waals surface area contributed by atoms with Crippen LogP contribution in [-0.2, 0) is 17.8 Å². The normalized spacial score (nSPS) is 11.1. The molecular weight excluding hydrogens is 420 g/mol. The molecule has 4 nitrogen and oxygen atoms in total. The molecular formula is C30H26N2O2. The Labute approximate surface area is 200 Å². The van der Waals surface area contributed by atoms with Gasteiger partial charge >= 0.3 is 0 Å². The predicted molar refractivity (Wildman–Crippen MR) is 137 cm³/mol. The third-order valence-electron chi connectivity index (χ3n) is 5.85. The zero-order valence-corrected chi connectivity index (χ0v) is 19.3. The van der Waals surface area contributed by atoms with Crippen LogP contribution in [0.15, 0.2) is 90.5 Å². The number of anilines is 1. The number of carbonyl (C=O) groups is 1. The van der Waals surface area contributed by atoms with Crippen molar-refractivity contribution in [2.24, 2.45) is 0 Å². The van der Waals surface area contributed by atoms with Crippen molar-refractivity contribution in [3.8, 4) is 11.8 Å². The Morgan fingerprint density at radius 1 is 0.971 bits per heavy atom. The van der Waals surface area contributed by atoms with Gasteiger partial charge in [-0.1, -0.05) is 73.7 Å². The number of fused-ring (bicyclic) bond motifs is 1. The number of hydrogen-bond donors (Lipinski definition) is 1. The van der Waals surface area contributed by atoms with E-state index in [1.165, 1.54) is 5.56 Å². The molecule has 4 rings (SSSR count). The molecule has 0 aliphatic rings. The molecule has 0 aromatic heterocycles. The Hall–Kier alpha value is -4.36. The number of nitrogens with one attached hydrogen (secondary N) is 1. The van der Waals surface area contributed by atoms with Gasteiger partial charge in [0, 0.05) is 16.8 Å². The summed E-state index contributed by atoms with van der Waals surface area (Å²) in [5.41, 5.74) is 4.79. The molecule has 0 fully saturated rings. The summed E-state index contributed by atoms with van der Waals surface area (Å²) in [4.78, 5) is 12.7. The van der Waals surface area contributed by atoms with Gasteiger partial charge in [0.25, 0.3) is 5.91 Å². The van der Waals surface area contributed by atoms with Crippen LogP contribution >= 0.6 is 0 Å². The molecule has 4 aromatic carbocycles. The van der Waals surface area contributed by atoms with Gasteiger partial charge in [-0.2, -0.15) is 5.26 Å². The number of ether oxygens (including phenoxy) is 1. The number of nitriles is 1. The molecule has 1 N–H and O–H groups in total. The van der Waals surface area contributed by atoms with Crippen molar-refractivity contribution in [2.75, 3.05) is 5.32 Å². The summed E-state index contributed by atoms with van der Waals surface area (Å²) in [6.07, 6.45) is 2.49. The summed E-state index contributed by atoms with van der Waals surface area (Å²) in [6.45, 7) is 4.53.